The van der Waals surface area contributed by atoms with Gasteiger partial charge in [-0.05, 0) is 32.1 Å². The van der Waals surface area contributed by atoms with Gasteiger partial charge >= 0.3 is 5.97 Å². The molecule has 0 spiro atoms. The molecule has 422 valence electrons. The van der Waals surface area contributed by atoms with Gasteiger partial charge < -0.3 is 20.3 Å². The van der Waals surface area contributed by atoms with Crippen LogP contribution in [0.15, 0.2) is 12.2 Å². The summed E-state index contributed by atoms with van der Waals surface area (Å²) in [5.41, 5.74) is 0. The van der Waals surface area contributed by atoms with Crippen LogP contribution in [0.2, 0.25) is 0 Å². The number of amides is 1. The third kappa shape index (κ3) is 57.7. The maximum atomic E-state index is 12.5. The topological polar surface area (TPSA) is 95.9 Å². The molecule has 0 heterocycles. The molecule has 3 N–H and O–H groups in total. The zero-order valence-corrected chi connectivity index (χ0v) is 48.2. The van der Waals surface area contributed by atoms with Crippen molar-refractivity contribution in [2.75, 3.05) is 13.2 Å². The molecule has 0 aliphatic heterocycles. The van der Waals surface area contributed by atoms with E-state index in [0.29, 0.717) is 19.4 Å². The van der Waals surface area contributed by atoms with Crippen molar-refractivity contribution in [1.29, 1.82) is 0 Å². The Morgan fingerprint density at radius 3 is 0.958 bits per heavy atom. The fourth-order valence-corrected chi connectivity index (χ4v) is 10.3. The Bertz CT molecular complexity index is 1060. The Labute approximate surface area is 444 Å². The first-order chi connectivity index (χ1) is 35.0. The number of rotatable bonds is 61. The highest BCUT2D eigenvalue weighted by molar-refractivity contribution is 5.76. The fraction of sp³-hybridized carbons (Fsp3) is 0.938. The van der Waals surface area contributed by atoms with E-state index in [-0.39, 0.29) is 18.5 Å². The van der Waals surface area contributed by atoms with Crippen LogP contribution in [0.3, 0.4) is 0 Å². The number of hydrogen-bond donors (Lipinski definition) is 3. The number of unbranched alkanes of at least 4 members (excludes halogenated alkanes) is 50. The van der Waals surface area contributed by atoms with Gasteiger partial charge in [-0.15, -0.1) is 0 Å². The lowest BCUT2D eigenvalue weighted by Gasteiger charge is -2.20. The van der Waals surface area contributed by atoms with Crippen molar-refractivity contribution < 1.29 is 24.5 Å². The highest BCUT2D eigenvalue weighted by atomic mass is 16.5. The van der Waals surface area contributed by atoms with Crippen LogP contribution < -0.4 is 5.32 Å². The maximum absolute atomic E-state index is 12.5. The lowest BCUT2D eigenvalue weighted by atomic mass is 10.0. The first-order valence-electron chi connectivity index (χ1n) is 32.5. The van der Waals surface area contributed by atoms with Crippen molar-refractivity contribution in [2.45, 2.75) is 379 Å². The minimum absolute atomic E-state index is 0.00987. The Hall–Kier alpha value is -1.40. The van der Waals surface area contributed by atoms with Gasteiger partial charge in [-0.1, -0.05) is 334 Å². The summed E-state index contributed by atoms with van der Waals surface area (Å²) in [6.07, 6.45) is 74.0. The normalized spacial score (nSPS) is 12.6. The van der Waals surface area contributed by atoms with Crippen molar-refractivity contribution in [3.8, 4) is 0 Å². The van der Waals surface area contributed by atoms with Crippen LogP contribution in [0.5, 0.6) is 0 Å². The van der Waals surface area contributed by atoms with Gasteiger partial charge in [0, 0.05) is 12.8 Å². The summed E-state index contributed by atoms with van der Waals surface area (Å²) in [6.45, 7) is 4.93. The van der Waals surface area contributed by atoms with Gasteiger partial charge in [-0.25, -0.2) is 0 Å². The van der Waals surface area contributed by atoms with Gasteiger partial charge in [-0.3, -0.25) is 9.59 Å². The predicted octanol–water partition coefficient (Wildman–Crippen LogP) is 20.4. The van der Waals surface area contributed by atoms with Crippen LogP contribution in [0, 0.1) is 0 Å². The molecule has 71 heavy (non-hydrogen) atoms. The fourth-order valence-electron chi connectivity index (χ4n) is 10.3. The van der Waals surface area contributed by atoms with Gasteiger partial charge in [0.1, 0.15) is 0 Å². The van der Waals surface area contributed by atoms with E-state index in [1.807, 2.05) is 6.08 Å². The van der Waals surface area contributed by atoms with E-state index >= 15 is 0 Å². The van der Waals surface area contributed by atoms with Gasteiger partial charge in [0.15, 0.2) is 0 Å². The number of carbonyl (C=O) groups excluding carboxylic acids is 2. The number of aliphatic hydroxyl groups is 2. The molecule has 0 saturated carbocycles. The number of allylic oxidation sites excluding steroid dienone is 1. The summed E-state index contributed by atoms with van der Waals surface area (Å²) in [7, 11) is 0. The molecule has 0 aromatic heterocycles. The van der Waals surface area contributed by atoms with Crippen molar-refractivity contribution in [1.82, 2.24) is 5.32 Å². The minimum Gasteiger partial charge on any atom is -0.466 e. The highest BCUT2D eigenvalue weighted by Gasteiger charge is 2.18. The molecule has 6 heteroatoms. The Kier molecular flexibility index (Phi) is 59.9. The van der Waals surface area contributed by atoms with Crippen LogP contribution in [-0.2, 0) is 14.3 Å². The van der Waals surface area contributed by atoms with E-state index in [1.54, 1.807) is 6.08 Å². The third-order valence-electron chi connectivity index (χ3n) is 15.3. The number of ether oxygens (including phenoxy) is 1. The standard InChI is InChI=1S/C65H127NO5/c1-3-5-7-9-11-13-15-17-19-21-23-25-29-33-37-41-45-49-53-57-63(68)62(61-67)66-64(69)58-54-50-46-42-38-34-30-26-24-28-32-36-40-44-48-52-56-60-71-65(70)59-55-51-47-43-39-35-31-27-22-20-18-16-14-12-10-8-6-4-2/h53,57,62-63,67-68H,3-52,54-56,58-61H2,1-2H3,(H,66,69)/b57-53+. The molecule has 2 atom stereocenters. The van der Waals surface area contributed by atoms with Crippen LogP contribution in [0.1, 0.15) is 367 Å². The van der Waals surface area contributed by atoms with E-state index < -0.39 is 12.1 Å². The maximum Gasteiger partial charge on any atom is 0.305 e. The number of nitrogens with one attached hydrogen (secondary N) is 1. The van der Waals surface area contributed by atoms with Gasteiger partial charge in [-0.2, -0.15) is 0 Å². The molecule has 6 nitrogen and oxygen atoms in total. The summed E-state index contributed by atoms with van der Waals surface area (Å²) in [5.74, 6) is -0.0595. The second-order valence-corrected chi connectivity index (χ2v) is 22.5. The van der Waals surface area contributed by atoms with E-state index in [9.17, 15) is 19.8 Å². The second-order valence-electron chi connectivity index (χ2n) is 22.5. The summed E-state index contributed by atoms with van der Waals surface area (Å²) in [5, 5.41) is 23.2. The average molecular weight is 1000 g/mol. The zero-order chi connectivity index (χ0) is 51.4. The van der Waals surface area contributed by atoms with Crippen molar-refractivity contribution in [3.63, 3.8) is 0 Å². The number of esters is 1. The van der Waals surface area contributed by atoms with E-state index in [4.69, 9.17) is 4.74 Å². The first kappa shape index (κ1) is 69.6. The number of hydrogen-bond acceptors (Lipinski definition) is 5. The molecular formula is C65H127NO5. The zero-order valence-electron chi connectivity index (χ0n) is 48.2. The van der Waals surface area contributed by atoms with Crippen molar-refractivity contribution >= 4 is 11.9 Å². The lowest BCUT2D eigenvalue weighted by Crippen LogP contribution is -2.45. The Morgan fingerprint density at radius 1 is 0.380 bits per heavy atom. The molecule has 2 unspecified atom stereocenters. The molecule has 0 bridgehead atoms. The molecule has 0 rings (SSSR count). The SMILES string of the molecule is CCCCCCCCCCCCCCCCCCC/C=C/C(O)C(CO)NC(=O)CCCCCCCCCCCCCCCCCCCOC(=O)CCCCCCCCCCCCCCCCCCCC. The summed E-state index contributed by atoms with van der Waals surface area (Å²) in [6, 6.07) is -0.632. The van der Waals surface area contributed by atoms with Crippen LogP contribution >= 0.6 is 0 Å². The van der Waals surface area contributed by atoms with Crippen LogP contribution in [0.4, 0.5) is 0 Å². The average Bonchev–Trinajstić information content (AvgIpc) is 3.37. The van der Waals surface area contributed by atoms with Crippen LogP contribution in [0.25, 0.3) is 0 Å². The number of carbonyl (C=O) groups is 2. The van der Waals surface area contributed by atoms with Gasteiger partial charge in [0.05, 0.1) is 25.4 Å². The van der Waals surface area contributed by atoms with Crippen molar-refractivity contribution in [2.24, 2.45) is 0 Å². The molecular weight excluding hydrogens is 875 g/mol. The molecule has 0 aromatic carbocycles. The minimum atomic E-state index is -0.848. The predicted molar refractivity (Wildman–Crippen MR) is 310 cm³/mol. The highest BCUT2D eigenvalue weighted by Crippen LogP contribution is 2.18. The quantitative estimate of drug-likeness (QED) is 0.0320. The third-order valence-corrected chi connectivity index (χ3v) is 15.3. The van der Waals surface area contributed by atoms with Crippen molar-refractivity contribution in [3.05, 3.63) is 12.2 Å². The lowest BCUT2D eigenvalue weighted by molar-refractivity contribution is -0.143. The van der Waals surface area contributed by atoms with Gasteiger partial charge in [0.25, 0.3) is 0 Å². The largest absolute Gasteiger partial charge is 0.466 e. The Morgan fingerprint density at radius 2 is 0.648 bits per heavy atom. The monoisotopic (exact) mass is 1000 g/mol. The molecule has 0 fully saturated rings. The van der Waals surface area contributed by atoms with E-state index in [1.165, 1.54) is 302 Å². The van der Waals surface area contributed by atoms with E-state index in [2.05, 4.69) is 19.2 Å². The van der Waals surface area contributed by atoms with E-state index in [0.717, 1.165) is 38.5 Å². The molecule has 0 radical (unpaired) electrons. The second kappa shape index (κ2) is 61.1. The Balaban J connectivity index is 3.41. The summed E-state index contributed by atoms with van der Waals surface area (Å²) in [4.78, 5) is 24.6. The molecule has 0 aliphatic carbocycles. The number of aliphatic hydroxyl groups excluding tert-OH is 2. The summed E-state index contributed by atoms with van der Waals surface area (Å²) >= 11 is 0. The molecule has 0 saturated heterocycles. The smallest absolute Gasteiger partial charge is 0.305 e. The molecule has 0 aliphatic rings. The van der Waals surface area contributed by atoms with Gasteiger partial charge in [0.2, 0.25) is 5.91 Å². The summed E-state index contributed by atoms with van der Waals surface area (Å²) < 4.78 is 5.50. The molecule has 0 aromatic rings. The first-order valence-corrected chi connectivity index (χ1v) is 32.5. The van der Waals surface area contributed by atoms with Crippen LogP contribution in [-0.4, -0.2) is 47.4 Å². The molecule has 1 amide bonds.